The van der Waals surface area contributed by atoms with Crippen molar-refractivity contribution >= 4 is 33.8 Å². The van der Waals surface area contributed by atoms with Crippen LogP contribution in [-0.4, -0.2) is 21.1 Å². The molecule has 0 aromatic carbocycles. The maximum absolute atomic E-state index is 12.4. The summed E-state index contributed by atoms with van der Waals surface area (Å²) in [5.41, 5.74) is 1.25. The number of ether oxygens (including phenoxy) is 1. The van der Waals surface area contributed by atoms with Gasteiger partial charge in [0.15, 0.2) is 4.77 Å². The quantitative estimate of drug-likeness (QED) is 0.756. The van der Waals surface area contributed by atoms with Crippen molar-refractivity contribution in [3.63, 3.8) is 0 Å². The van der Waals surface area contributed by atoms with Gasteiger partial charge >= 0.3 is 0 Å². The molecule has 1 N–H and O–H groups in total. The summed E-state index contributed by atoms with van der Waals surface area (Å²) in [6.45, 7) is 2.44. The number of nitrogens with one attached hydrogen (secondary N) is 1. The molecular formula is C13H11N3O2S2. The van der Waals surface area contributed by atoms with E-state index in [0.717, 1.165) is 5.52 Å². The normalized spacial score (nSPS) is 10.8. The van der Waals surface area contributed by atoms with Gasteiger partial charge in [0.1, 0.15) is 4.70 Å². The van der Waals surface area contributed by atoms with Crippen LogP contribution < -0.4 is 10.3 Å². The first kappa shape index (κ1) is 13.0. The average Bonchev–Trinajstić information content (AvgIpc) is 2.89. The molecule has 7 heteroatoms. The molecule has 3 aromatic rings. The Bertz CT molecular complexity index is 862. The number of aromatic nitrogens is 3. The Morgan fingerprint density at radius 1 is 1.45 bits per heavy atom. The van der Waals surface area contributed by atoms with E-state index in [4.69, 9.17) is 17.0 Å². The third-order valence-corrected chi connectivity index (χ3v) is 3.97. The molecule has 0 aliphatic rings. The molecule has 0 saturated carbocycles. The van der Waals surface area contributed by atoms with Gasteiger partial charge in [-0.1, -0.05) is 0 Å². The van der Waals surface area contributed by atoms with E-state index in [1.165, 1.54) is 15.9 Å². The number of nitrogens with zero attached hydrogens (tertiary/aromatic N) is 2. The van der Waals surface area contributed by atoms with E-state index < -0.39 is 0 Å². The minimum Gasteiger partial charge on any atom is -0.478 e. The number of aromatic amines is 1. The molecule has 3 aromatic heterocycles. The Morgan fingerprint density at radius 2 is 2.30 bits per heavy atom. The van der Waals surface area contributed by atoms with Crippen LogP contribution >= 0.6 is 23.6 Å². The van der Waals surface area contributed by atoms with Gasteiger partial charge < -0.3 is 9.72 Å². The lowest BCUT2D eigenvalue weighted by atomic mass is 10.4. The Balaban J connectivity index is 2.18. The van der Waals surface area contributed by atoms with Crippen LogP contribution in [-0.2, 0) is 0 Å². The standard InChI is InChI=1S/C13H11N3O2S2/c1-2-18-10-4-3-8(7-14-10)16-12(17)11-9(5-6-20-11)15-13(16)19/h3-7H,2H2,1H3,(H,15,19). The van der Waals surface area contributed by atoms with Gasteiger partial charge in [0.2, 0.25) is 5.88 Å². The molecular weight excluding hydrogens is 294 g/mol. The molecule has 0 radical (unpaired) electrons. The summed E-state index contributed by atoms with van der Waals surface area (Å²) in [4.78, 5) is 19.7. The largest absolute Gasteiger partial charge is 0.478 e. The average molecular weight is 305 g/mol. The number of thiophene rings is 1. The molecule has 5 nitrogen and oxygen atoms in total. The van der Waals surface area contributed by atoms with Crippen LogP contribution in [0.1, 0.15) is 6.92 Å². The van der Waals surface area contributed by atoms with Crippen molar-refractivity contribution in [3.05, 3.63) is 44.9 Å². The van der Waals surface area contributed by atoms with E-state index in [9.17, 15) is 4.79 Å². The molecule has 102 valence electrons. The zero-order valence-corrected chi connectivity index (χ0v) is 12.3. The second-order valence-corrected chi connectivity index (χ2v) is 5.32. The highest BCUT2D eigenvalue weighted by Crippen LogP contribution is 2.16. The first-order valence-electron chi connectivity index (χ1n) is 6.02. The summed E-state index contributed by atoms with van der Waals surface area (Å²) in [7, 11) is 0. The summed E-state index contributed by atoms with van der Waals surface area (Å²) in [6.07, 6.45) is 1.58. The molecule has 0 aliphatic heterocycles. The number of rotatable bonds is 3. The molecule has 0 fully saturated rings. The van der Waals surface area contributed by atoms with E-state index in [0.29, 0.717) is 27.6 Å². The van der Waals surface area contributed by atoms with Crippen molar-refractivity contribution in [2.75, 3.05) is 6.61 Å². The first-order chi connectivity index (χ1) is 9.70. The maximum atomic E-state index is 12.4. The van der Waals surface area contributed by atoms with Gasteiger partial charge in [0.25, 0.3) is 5.56 Å². The number of hydrogen-bond acceptors (Lipinski definition) is 5. The van der Waals surface area contributed by atoms with Crippen LogP contribution in [0.25, 0.3) is 15.9 Å². The minimum atomic E-state index is -0.135. The predicted octanol–water partition coefficient (Wildman–Crippen LogP) is 2.90. The van der Waals surface area contributed by atoms with E-state index >= 15 is 0 Å². The fourth-order valence-electron chi connectivity index (χ4n) is 1.91. The number of hydrogen-bond donors (Lipinski definition) is 1. The second-order valence-electron chi connectivity index (χ2n) is 4.02. The van der Waals surface area contributed by atoms with Crippen LogP contribution in [0.15, 0.2) is 34.6 Å². The summed E-state index contributed by atoms with van der Waals surface area (Å²) in [5.74, 6) is 0.524. The summed E-state index contributed by atoms with van der Waals surface area (Å²) in [6, 6.07) is 5.33. The van der Waals surface area contributed by atoms with Crippen molar-refractivity contribution in [2.45, 2.75) is 6.92 Å². The van der Waals surface area contributed by atoms with Gasteiger partial charge in [-0.3, -0.25) is 9.36 Å². The van der Waals surface area contributed by atoms with Crippen LogP contribution in [0.4, 0.5) is 0 Å². The Morgan fingerprint density at radius 3 is 3.00 bits per heavy atom. The van der Waals surface area contributed by atoms with E-state index in [2.05, 4.69) is 9.97 Å². The Kier molecular flexibility index (Phi) is 3.37. The lowest BCUT2D eigenvalue weighted by Gasteiger charge is -2.07. The lowest BCUT2D eigenvalue weighted by molar-refractivity contribution is 0.327. The zero-order valence-electron chi connectivity index (χ0n) is 10.6. The van der Waals surface area contributed by atoms with Crippen molar-refractivity contribution < 1.29 is 4.74 Å². The summed E-state index contributed by atoms with van der Waals surface area (Å²) >= 11 is 6.64. The van der Waals surface area contributed by atoms with Gasteiger partial charge in [0.05, 0.1) is 24.0 Å². The number of H-pyrrole nitrogens is 1. The molecule has 0 atom stereocenters. The Hall–Kier alpha value is -1.99. The van der Waals surface area contributed by atoms with Crippen molar-refractivity contribution in [1.82, 2.24) is 14.5 Å². The van der Waals surface area contributed by atoms with Gasteiger partial charge in [-0.25, -0.2) is 4.98 Å². The second kappa shape index (κ2) is 5.18. The van der Waals surface area contributed by atoms with Gasteiger partial charge in [-0.05, 0) is 36.7 Å². The van der Waals surface area contributed by atoms with Crippen LogP contribution in [0.2, 0.25) is 0 Å². The molecule has 0 spiro atoms. The third kappa shape index (κ3) is 2.14. The molecule has 0 aliphatic carbocycles. The van der Waals surface area contributed by atoms with Crippen molar-refractivity contribution in [3.8, 4) is 11.6 Å². The summed E-state index contributed by atoms with van der Waals surface area (Å²) in [5, 5.41) is 1.86. The van der Waals surface area contributed by atoms with Crippen LogP contribution in [0.5, 0.6) is 5.88 Å². The monoisotopic (exact) mass is 305 g/mol. The molecule has 20 heavy (non-hydrogen) atoms. The van der Waals surface area contributed by atoms with E-state index in [1.54, 1.807) is 18.3 Å². The first-order valence-corrected chi connectivity index (χ1v) is 7.31. The van der Waals surface area contributed by atoms with Crippen LogP contribution in [0.3, 0.4) is 0 Å². The zero-order chi connectivity index (χ0) is 14.1. The fraction of sp³-hybridized carbons (Fsp3) is 0.154. The van der Waals surface area contributed by atoms with E-state index in [1.807, 2.05) is 18.4 Å². The molecule has 3 rings (SSSR count). The molecule has 0 unspecified atom stereocenters. The highest BCUT2D eigenvalue weighted by molar-refractivity contribution is 7.71. The molecule has 0 amide bonds. The van der Waals surface area contributed by atoms with Gasteiger partial charge in [-0.2, -0.15) is 0 Å². The molecule has 0 saturated heterocycles. The van der Waals surface area contributed by atoms with Gasteiger partial charge in [-0.15, -0.1) is 11.3 Å². The molecule has 3 heterocycles. The van der Waals surface area contributed by atoms with Crippen LogP contribution in [0, 0.1) is 4.77 Å². The van der Waals surface area contributed by atoms with Gasteiger partial charge in [0, 0.05) is 6.07 Å². The highest BCUT2D eigenvalue weighted by atomic mass is 32.1. The third-order valence-electron chi connectivity index (χ3n) is 2.78. The summed E-state index contributed by atoms with van der Waals surface area (Å²) < 4.78 is 7.73. The fourth-order valence-corrected chi connectivity index (χ4v) is 2.99. The SMILES string of the molecule is CCOc1ccc(-n2c(=S)[nH]c3ccsc3c2=O)cn1. The number of fused-ring (bicyclic) bond motifs is 1. The maximum Gasteiger partial charge on any atom is 0.276 e. The minimum absolute atomic E-state index is 0.135. The topological polar surface area (TPSA) is 59.9 Å². The molecule has 0 bridgehead atoms. The highest BCUT2D eigenvalue weighted by Gasteiger charge is 2.09. The predicted molar refractivity (Wildman–Crippen MR) is 81.6 cm³/mol. The van der Waals surface area contributed by atoms with Crippen molar-refractivity contribution in [1.29, 1.82) is 0 Å². The van der Waals surface area contributed by atoms with E-state index in [-0.39, 0.29) is 5.56 Å². The lowest BCUT2D eigenvalue weighted by Crippen LogP contribution is -2.19. The number of pyridine rings is 1. The smallest absolute Gasteiger partial charge is 0.276 e. The Labute approximate surface area is 123 Å². The van der Waals surface area contributed by atoms with Crippen molar-refractivity contribution in [2.24, 2.45) is 0 Å².